The standard InChI is InChI=1S/C17H19N5O4S/c1-10-12(7-14-20-21-17(26-14)27-9-13(18)23)15(24)22(16(25)19-10)8-11-5-3-2-4-6-11/h2-6,10,12H,7-9H2,1H3,(H2,18,23)(H,19,25). The third-order valence-corrected chi connectivity index (χ3v) is 4.99. The Morgan fingerprint density at radius 1 is 1.30 bits per heavy atom. The van der Waals surface area contributed by atoms with Gasteiger partial charge < -0.3 is 15.5 Å². The molecule has 1 aliphatic heterocycles. The summed E-state index contributed by atoms with van der Waals surface area (Å²) in [4.78, 5) is 37.2. The summed E-state index contributed by atoms with van der Waals surface area (Å²) in [5, 5.41) is 10.8. The molecule has 0 bridgehead atoms. The summed E-state index contributed by atoms with van der Waals surface area (Å²) in [5.41, 5.74) is 5.94. The molecule has 2 aromatic rings. The average Bonchev–Trinajstić information content (AvgIpc) is 3.09. The molecular weight excluding hydrogens is 370 g/mol. The number of hydrogen-bond donors (Lipinski definition) is 2. The second kappa shape index (κ2) is 8.21. The first-order chi connectivity index (χ1) is 12.9. The molecule has 9 nitrogen and oxygen atoms in total. The van der Waals surface area contributed by atoms with Crippen molar-refractivity contribution < 1.29 is 18.8 Å². The number of nitrogens with two attached hydrogens (primary N) is 1. The lowest BCUT2D eigenvalue weighted by atomic mass is 9.93. The minimum Gasteiger partial charge on any atom is -0.416 e. The largest absolute Gasteiger partial charge is 0.416 e. The van der Waals surface area contributed by atoms with Crippen LogP contribution >= 0.6 is 11.8 Å². The minimum absolute atomic E-state index is 0.0291. The van der Waals surface area contributed by atoms with Crippen LogP contribution in [0.1, 0.15) is 18.4 Å². The average molecular weight is 389 g/mol. The van der Waals surface area contributed by atoms with Crippen LogP contribution in [0.25, 0.3) is 0 Å². The van der Waals surface area contributed by atoms with E-state index < -0.39 is 17.9 Å². The summed E-state index contributed by atoms with van der Waals surface area (Å²) in [6.07, 6.45) is 0.190. The molecule has 1 aromatic heterocycles. The first kappa shape index (κ1) is 18.9. The van der Waals surface area contributed by atoms with Gasteiger partial charge in [-0.2, -0.15) is 0 Å². The van der Waals surface area contributed by atoms with E-state index in [1.165, 1.54) is 4.90 Å². The molecule has 10 heteroatoms. The van der Waals surface area contributed by atoms with Crippen molar-refractivity contribution in [2.45, 2.75) is 31.2 Å². The summed E-state index contributed by atoms with van der Waals surface area (Å²) in [5.74, 6) is -1.01. The molecule has 3 N–H and O–H groups in total. The van der Waals surface area contributed by atoms with Crippen LogP contribution in [0.3, 0.4) is 0 Å². The zero-order valence-electron chi connectivity index (χ0n) is 14.6. The van der Waals surface area contributed by atoms with Crippen LogP contribution in [0.15, 0.2) is 40.0 Å². The van der Waals surface area contributed by atoms with Gasteiger partial charge in [0.1, 0.15) is 0 Å². The van der Waals surface area contributed by atoms with Gasteiger partial charge in [0.25, 0.3) is 5.22 Å². The van der Waals surface area contributed by atoms with Crippen molar-refractivity contribution in [1.82, 2.24) is 20.4 Å². The molecule has 3 rings (SSSR count). The molecule has 1 aromatic carbocycles. The number of thioether (sulfide) groups is 1. The SMILES string of the molecule is CC1NC(=O)N(Cc2ccccc2)C(=O)C1Cc1nnc(SCC(N)=O)o1. The van der Waals surface area contributed by atoms with Crippen molar-refractivity contribution in [3.63, 3.8) is 0 Å². The van der Waals surface area contributed by atoms with Gasteiger partial charge in [0.15, 0.2) is 0 Å². The van der Waals surface area contributed by atoms with Gasteiger partial charge in [-0.25, -0.2) is 4.79 Å². The lowest BCUT2D eigenvalue weighted by molar-refractivity contribution is -0.135. The minimum atomic E-state index is -0.527. The Morgan fingerprint density at radius 3 is 2.74 bits per heavy atom. The van der Waals surface area contributed by atoms with Gasteiger partial charge in [-0.15, -0.1) is 10.2 Å². The highest BCUT2D eigenvalue weighted by molar-refractivity contribution is 7.99. The smallest absolute Gasteiger partial charge is 0.324 e. The number of hydrogen-bond acceptors (Lipinski definition) is 7. The zero-order valence-corrected chi connectivity index (χ0v) is 15.4. The molecule has 0 aliphatic carbocycles. The lowest BCUT2D eigenvalue weighted by Crippen LogP contribution is -2.59. The third kappa shape index (κ3) is 4.64. The van der Waals surface area contributed by atoms with Crippen molar-refractivity contribution in [3.05, 3.63) is 41.8 Å². The van der Waals surface area contributed by atoms with Crippen LogP contribution in [-0.2, 0) is 22.6 Å². The molecule has 2 unspecified atom stereocenters. The molecule has 4 amide bonds. The lowest BCUT2D eigenvalue weighted by Gasteiger charge is -2.35. The molecule has 2 atom stereocenters. The summed E-state index contributed by atoms with van der Waals surface area (Å²) >= 11 is 1.04. The second-order valence-electron chi connectivity index (χ2n) is 6.18. The van der Waals surface area contributed by atoms with E-state index in [1.807, 2.05) is 30.3 Å². The summed E-state index contributed by atoms with van der Waals surface area (Å²) in [6.45, 7) is 1.96. The normalized spacial score (nSPS) is 19.8. The zero-order chi connectivity index (χ0) is 19.4. The monoisotopic (exact) mass is 389 g/mol. The van der Waals surface area contributed by atoms with E-state index in [0.29, 0.717) is 0 Å². The van der Waals surface area contributed by atoms with Crippen molar-refractivity contribution in [2.75, 3.05) is 5.75 Å². The number of carbonyl (C=O) groups excluding carboxylic acids is 3. The number of benzene rings is 1. The van der Waals surface area contributed by atoms with Crippen LogP contribution in [0, 0.1) is 5.92 Å². The van der Waals surface area contributed by atoms with Gasteiger partial charge in [0, 0.05) is 12.5 Å². The van der Waals surface area contributed by atoms with Crippen LogP contribution in [-0.4, -0.2) is 44.7 Å². The van der Waals surface area contributed by atoms with E-state index in [1.54, 1.807) is 6.92 Å². The molecule has 0 radical (unpaired) electrons. The van der Waals surface area contributed by atoms with Crippen LogP contribution < -0.4 is 11.1 Å². The van der Waals surface area contributed by atoms with E-state index in [9.17, 15) is 14.4 Å². The topological polar surface area (TPSA) is 131 Å². The van der Waals surface area contributed by atoms with Crippen LogP contribution in [0.5, 0.6) is 0 Å². The number of urea groups is 1. The van der Waals surface area contributed by atoms with Gasteiger partial charge >= 0.3 is 6.03 Å². The second-order valence-corrected chi connectivity index (χ2v) is 7.10. The number of nitrogens with one attached hydrogen (secondary N) is 1. The van der Waals surface area contributed by atoms with Gasteiger partial charge in [0.2, 0.25) is 17.7 Å². The molecular formula is C17H19N5O4S. The number of aromatic nitrogens is 2. The number of nitrogens with zero attached hydrogens (tertiary/aromatic N) is 3. The fourth-order valence-corrected chi connectivity index (χ4v) is 3.29. The Kier molecular flexibility index (Phi) is 5.75. The quantitative estimate of drug-likeness (QED) is 0.674. The highest BCUT2D eigenvalue weighted by Crippen LogP contribution is 2.23. The Morgan fingerprint density at radius 2 is 2.04 bits per heavy atom. The molecule has 1 aliphatic rings. The van der Waals surface area contributed by atoms with E-state index in [4.69, 9.17) is 10.2 Å². The Bertz CT molecular complexity index is 841. The summed E-state index contributed by atoms with van der Waals surface area (Å²) < 4.78 is 5.46. The van der Waals surface area contributed by atoms with Gasteiger partial charge in [-0.1, -0.05) is 42.1 Å². The molecule has 1 saturated heterocycles. The molecule has 0 spiro atoms. The van der Waals surface area contributed by atoms with Crippen molar-refractivity contribution in [1.29, 1.82) is 0 Å². The van der Waals surface area contributed by atoms with Gasteiger partial charge in [-0.3, -0.25) is 14.5 Å². The van der Waals surface area contributed by atoms with Crippen molar-refractivity contribution >= 4 is 29.6 Å². The van der Waals surface area contributed by atoms with Crippen molar-refractivity contribution in [3.8, 4) is 0 Å². The fraction of sp³-hybridized carbons (Fsp3) is 0.353. The number of carbonyl (C=O) groups is 3. The predicted octanol–water partition coefficient (Wildman–Crippen LogP) is 0.946. The first-order valence-corrected chi connectivity index (χ1v) is 9.32. The van der Waals surface area contributed by atoms with E-state index in [0.717, 1.165) is 17.3 Å². The third-order valence-electron chi connectivity index (χ3n) is 4.15. The number of amides is 4. The van der Waals surface area contributed by atoms with E-state index in [2.05, 4.69) is 15.5 Å². The highest BCUT2D eigenvalue weighted by Gasteiger charge is 2.39. The first-order valence-electron chi connectivity index (χ1n) is 8.33. The molecule has 142 valence electrons. The fourth-order valence-electron chi connectivity index (χ4n) is 2.77. The Hall–Kier alpha value is -2.88. The highest BCUT2D eigenvalue weighted by atomic mass is 32.2. The van der Waals surface area contributed by atoms with E-state index >= 15 is 0 Å². The maximum absolute atomic E-state index is 12.9. The van der Waals surface area contributed by atoms with Crippen LogP contribution in [0.2, 0.25) is 0 Å². The Labute approximate surface area is 159 Å². The maximum atomic E-state index is 12.9. The van der Waals surface area contributed by atoms with E-state index in [-0.39, 0.29) is 41.8 Å². The predicted molar refractivity (Wildman–Crippen MR) is 96.4 cm³/mol. The molecule has 1 fully saturated rings. The Balaban J connectivity index is 1.69. The number of imide groups is 1. The van der Waals surface area contributed by atoms with Gasteiger partial charge in [-0.05, 0) is 12.5 Å². The van der Waals surface area contributed by atoms with Gasteiger partial charge in [0.05, 0.1) is 18.2 Å². The summed E-state index contributed by atoms with van der Waals surface area (Å²) in [7, 11) is 0. The molecule has 27 heavy (non-hydrogen) atoms. The number of primary amides is 1. The van der Waals surface area contributed by atoms with Crippen molar-refractivity contribution in [2.24, 2.45) is 11.7 Å². The number of rotatable bonds is 7. The molecule has 2 heterocycles. The maximum Gasteiger partial charge on any atom is 0.324 e. The molecule has 0 saturated carbocycles. The van der Waals surface area contributed by atoms with Crippen LogP contribution in [0.4, 0.5) is 4.79 Å². The summed E-state index contributed by atoms with van der Waals surface area (Å²) in [6, 6.07) is 8.50.